The van der Waals surface area contributed by atoms with Crippen molar-refractivity contribution in [1.29, 1.82) is 0 Å². The molecular formula is C52H64BrN5O4. The Labute approximate surface area is 377 Å². The van der Waals surface area contributed by atoms with Gasteiger partial charge in [-0.05, 0) is 53.0 Å². The van der Waals surface area contributed by atoms with E-state index in [1.807, 2.05) is 109 Å². The summed E-state index contributed by atoms with van der Waals surface area (Å²) in [5.41, 5.74) is 20.6. The van der Waals surface area contributed by atoms with Gasteiger partial charge in [0.2, 0.25) is 11.8 Å². The maximum atomic E-state index is 10.9. The highest BCUT2D eigenvalue weighted by Crippen LogP contribution is 2.41. The summed E-state index contributed by atoms with van der Waals surface area (Å²) in [7, 11) is 0. The highest BCUT2D eigenvalue weighted by molar-refractivity contribution is 9.09. The number of alkyl halides is 1. The summed E-state index contributed by atoms with van der Waals surface area (Å²) in [6, 6.07) is 61.6. The van der Waals surface area contributed by atoms with E-state index in [9.17, 15) is 9.59 Å². The smallest absolute Gasteiger partial charge is 0.231 e. The summed E-state index contributed by atoms with van der Waals surface area (Å²) in [5, 5.41) is 3.27. The summed E-state index contributed by atoms with van der Waals surface area (Å²) in [4.78, 5) is 22.9. The first-order chi connectivity index (χ1) is 30.2. The number of carbonyl (C=O) groups excluding carboxylic acids is 2. The lowest BCUT2D eigenvalue weighted by Crippen LogP contribution is -2.37. The molecule has 0 radical (unpaired) electrons. The molecule has 10 heteroatoms. The van der Waals surface area contributed by atoms with Crippen LogP contribution in [0.4, 0.5) is 0 Å². The van der Waals surface area contributed by atoms with Gasteiger partial charge in [-0.3, -0.25) is 9.59 Å². The van der Waals surface area contributed by atoms with Gasteiger partial charge in [0.05, 0.1) is 25.1 Å². The molecule has 0 bridgehead atoms. The molecule has 62 heavy (non-hydrogen) atoms. The highest BCUT2D eigenvalue weighted by Gasteiger charge is 2.38. The standard InChI is InChI=1S/C23H24N2O2.C21H21NO.C6H15N.C2H4BrNO/c24-22(26)18-25-16-17-27-23(19-10-4-1-5-11-19,20-12-6-2-7-13-20)21-14-8-3-9-15-21;22-16-17-23-21(18-10-4-1-5-11-18,19-12-6-2-7-13-19)20-14-8-3-9-15-20;1-4-7(5-2)6-3;3-1-2(4)5/h1-15,25H,16-18H2,(H2,24,26);1-15H,16-17,22H2;4-6H2,1-3H3;1H2,(H2,4,5). The molecule has 328 valence electrons. The van der Waals surface area contributed by atoms with Gasteiger partial charge in [-0.2, -0.15) is 0 Å². The van der Waals surface area contributed by atoms with Gasteiger partial charge < -0.3 is 36.9 Å². The van der Waals surface area contributed by atoms with E-state index in [0.717, 1.165) is 33.4 Å². The van der Waals surface area contributed by atoms with Crippen LogP contribution in [0.15, 0.2) is 182 Å². The second-order valence-electron chi connectivity index (χ2n) is 13.9. The summed E-state index contributed by atoms with van der Waals surface area (Å²) in [6.07, 6.45) is 0. The Kier molecular flexibility index (Phi) is 23.8. The Morgan fingerprint density at radius 1 is 0.500 bits per heavy atom. The van der Waals surface area contributed by atoms with Gasteiger partial charge in [0.25, 0.3) is 0 Å². The average Bonchev–Trinajstić information content (AvgIpc) is 3.33. The lowest BCUT2D eigenvalue weighted by molar-refractivity contribution is -0.117. The largest absolute Gasteiger partial charge is 0.369 e. The van der Waals surface area contributed by atoms with Crippen molar-refractivity contribution >= 4 is 27.7 Å². The number of carbonyl (C=O) groups is 2. The molecule has 7 N–H and O–H groups in total. The molecule has 0 heterocycles. The molecule has 0 saturated heterocycles. The van der Waals surface area contributed by atoms with Crippen LogP contribution in [0.3, 0.4) is 0 Å². The van der Waals surface area contributed by atoms with Crippen molar-refractivity contribution in [2.45, 2.75) is 32.0 Å². The maximum absolute atomic E-state index is 10.9. The minimum absolute atomic E-state index is 0.137. The molecule has 0 spiro atoms. The van der Waals surface area contributed by atoms with Gasteiger partial charge >= 0.3 is 0 Å². The molecule has 0 atom stereocenters. The summed E-state index contributed by atoms with van der Waals surface area (Å²) in [6.45, 7) is 12.2. The predicted octanol–water partition coefficient (Wildman–Crippen LogP) is 8.24. The number of nitrogens with zero attached hydrogens (tertiary/aromatic N) is 1. The van der Waals surface area contributed by atoms with Gasteiger partial charge in [-0.25, -0.2) is 0 Å². The molecule has 6 rings (SSSR count). The quantitative estimate of drug-likeness (QED) is 0.0364. The molecule has 0 aliphatic rings. The zero-order valence-electron chi connectivity index (χ0n) is 36.4. The molecule has 0 aromatic heterocycles. The summed E-state index contributed by atoms with van der Waals surface area (Å²) < 4.78 is 13.0. The van der Waals surface area contributed by atoms with Crippen molar-refractivity contribution in [3.05, 3.63) is 215 Å². The minimum Gasteiger partial charge on any atom is -0.369 e. The van der Waals surface area contributed by atoms with Crippen molar-refractivity contribution < 1.29 is 19.1 Å². The fourth-order valence-corrected chi connectivity index (χ4v) is 6.91. The van der Waals surface area contributed by atoms with Crippen molar-refractivity contribution in [1.82, 2.24) is 10.2 Å². The highest BCUT2D eigenvalue weighted by atomic mass is 79.9. The topological polar surface area (TPSA) is 146 Å². The van der Waals surface area contributed by atoms with Crippen molar-refractivity contribution in [3.8, 4) is 0 Å². The number of halogens is 1. The average molecular weight is 903 g/mol. The van der Waals surface area contributed by atoms with E-state index in [0.29, 0.717) is 26.3 Å². The number of benzene rings is 6. The Morgan fingerprint density at radius 2 is 0.758 bits per heavy atom. The van der Waals surface area contributed by atoms with E-state index >= 15 is 0 Å². The van der Waals surface area contributed by atoms with Gasteiger partial charge in [0.15, 0.2) is 0 Å². The van der Waals surface area contributed by atoms with E-state index in [1.54, 1.807) is 0 Å². The van der Waals surface area contributed by atoms with Crippen LogP contribution in [0, 0.1) is 0 Å². The lowest BCUT2D eigenvalue weighted by atomic mass is 9.80. The zero-order chi connectivity index (χ0) is 44.9. The molecule has 0 aliphatic heterocycles. The number of amides is 2. The van der Waals surface area contributed by atoms with Crippen LogP contribution in [0.25, 0.3) is 0 Å². The van der Waals surface area contributed by atoms with Crippen LogP contribution < -0.4 is 22.5 Å². The second kappa shape index (κ2) is 29.0. The van der Waals surface area contributed by atoms with Gasteiger partial charge in [-0.1, -0.05) is 219 Å². The van der Waals surface area contributed by atoms with Gasteiger partial charge in [-0.15, -0.1) is 0 Å². The van der Waals surface area contributed by atoms with E-state index in [-0.39, 0.29) is 23.7 Å². The SMILES string of the molecule is CCN(CC)CC.NC(=O)CBr.NC(=O)CNCCOC(c1ccccc1)(c1ccccc1)c1ccccc1.NCCOC(c1ccccc1)(c1ccccc1)c1ccccc1. The molecule has 6 aromatic rings. The number of ether oxygens (including phenoxy) is 2. The number of hydrogen-bond acceptors (Lipinski definition) is 7. The number of primary amides is 2. The Morgan fingerprint density at radius 3 is 0.952 bits per heavy atom. The van der Waals surface area contributed by atoms with Crippen molar-refractivity contribution in [2.75, 3.05) is 57.8 Å². The minimum atomic E-state index is -0.738. The summed E-state index contributed by atoms with van der Waals surface area (Å²) >= 11 is 2.84. The predicted molar refractivity (Wildman–Crippen MR) is 258 cm³/mol. The van der Waals surface area contributed by atoms with Crippen LogP contribution in [-0.4, -0.2) is 74.5 Å². The van der Waals surface area contributed by atoms with Crippen LogP contribution in [-0.2, 0) is 30.3 Å². The number of nitrogens with one attached hydrogen (secondary N) is 1. The Hall–Kier alpha value is -5.46. The first-order valence-corrected chi connectivity index (χ1v) is 22.2. The molecule has 0 unspecified atom stereocenters. The molecule has 6 aromatic carbocycles. The maximum Gasteiger partial charge on any atom is 0.231 e. The molecule has 0 aliphatic carbocycles. The summed E-state index contributed by atoms with van der Waals surface area (Å²) in [5.74, 6) is -0.708. The molecule has 2 amide bonds. The third-order valence-corrected chi connectivity index (χ3v) is 10.4. The number of nitrogens with two attached hydrogens (primary N) is 3. The van der Waals surface area contributed by atoms with E-state index in [4.69, 9.17) is 20.9 Å². The normalized spacial score (nSPS) is 10.9. The fraction of sp³-hybridized carbons (Fsp3) is 0.269. The number of hydrogen-bond donors (Lipinski definition) is 4. The van der Waals surface area contributed by atoms with Crippen molar-refractivity contribution in [3.63, 3.8) is 0 Å². The molecular weight excluding hydrogens is 839 g/mol. The third-order valence-electron chi connectivity index (χ3n) is 9.89. The van der Waals surface area contributed by atoms with Gasteiger partial charge in [0, 0.05) is 13.1 Å². The number of rotatable bonds is 19. The first-order valence-electron chi connectivity index (χ1n) is 21.1. The molecule has 0 fully saturated rings. The van der Waals surface area contributed by atoms with Crippen LogP contribution in [0.2, 0.25) is 0 Å². The molecule has 9 nitrogen and oxygen atoms in total. The van der Waals surface area contributed by atoms with E-state index in [2.05, 4.69) is 125 Å². The first kappa shape index (κ1) is 50.9. The van der Waals surface area contributed by atoms with Crippen LogP contribution in [0.5, 0.6) is 0 Å². The zero-order valence-corrected chi connectivity index (χ0v) is 38.0. The van der Waals surface area contributed by atoms with E-state index in [1.165, 1.54) is 19.6 Å². The second-order valence-corrected chi connectivity index (χ2v) is 14.5. The third kappa shape index (κ3) is 15.5. The van der Waals surface area contributed by atoms with Crippen LogP contribution in [0.1, 0.15) is 54.2 Å². The molecule has 0 saturated carbocycles. The fourth-order valence-electron chi connectivity index (χ4n) is 6.91. The van der Waals surface area contributed by atoms with Crippen LogP contribution >= 0.6 is 15.9 Å². The van der Waals surface area contributed by atoms with E-state index < -0.39 is 11.2 Å². The Balaban J connectivity index is 0.000000264. The monoisotopic (exact) mass is 901 g/mol. The van der Waals surface area contributed by atoms with Crippen molar-refractivity contribution in [2.24, 2.45) is 17.2 Å². The van der Waals surface area contributed by atoms with Gasteiger partial charge in [0.1, 0.15) is 11.2 Å². The lowest BCUT2D eigenvalue weighted by Gasteiger charge is -2.36. The Bertz CT molecular complexity index is 1860.